The van der Waals surface area contributed by atoms with Crippen LogP contribution in [0.5, 0.6) is 5.75 Å². The lowest BCUT2D eigenvalue weighted by molar-refractivity contribution is 0.0366. The van der Waals surface area contributed by atoms with Crippen molar-refractivity contribution in [3.63, 3.8) is 0 Å². The zero-order chi connectivity index (χ0) is 24.3. The number of ether oxygens (including phenoxy) is 1. The molecule has 9 heteroatoms. The second kappa shape index (κ2) is 10.1. The van der Waals surface area contributed by atoms with Gasteiger partial charge < -0.3 is 19.6 Å². The van der Waals surface area contributed by atoms with Crippen molar-refractivity contribution in [3.8, 4) is 5.75 Å². The molecule has 0 fully saturated rings. The summed E-state index contributed by atoms with van der Waals surface area (Å²) >= 11 is 0. The van der Waals surface area contributed by atoms with E-state index in [2.05, 4.69) is 4.72 Å². The molecule has 1 heterocycles. The van der Waals surface area contributed by atoms with Gasteiger partial charge in [0.25, 0.3) is 15.9 Å². The van der Waals surface area contributed by atoms with Gasteiger partial charge in [-0.15, -0.1) is 0 Å². The molecule has 3 rings (SSSR count). The number of aryl methyl sites for hydroxylation is 1. The van der Waals surface area contributed by atoms with E-state index in [0.717, 1.165) is 5.56 Å². The minimum absolute atomic E-state index is 0.0553. The maximum Gasteiger partial charge on any atom is 0.262 e. The van der Waals surface area contributed by atoms with Crippen molar-refractivity contribution >= 4 is 21.6 Å². The molecule has 3 atom stereocenters. The van der Waals surface area contributed by atoms with Gasteiger partial charge in [-0.1, -0.05) is 30.7 Å². The van der Waals surface area contributed by atoms with Gasteiger partial charge in [0, 0.05) is 19.0 Å². The third-order valence-electron chi connectivity index (χ3n) is 5.81. The largest absolute Gasteiger partial charge is 0.486 e. The van der Waals surface area contributed by atoms with E-state index >= 15 is 0 Å². The highest BCUT2D eigenvalue weighted by Gasteiger charge is 2.34. The molecule has 2 aromatic carbocycles. The highest BCUT2D eigenvalue weighted by molar-refractivity contribution is 7.92. The summed E-state index contributed by atoms with van der Waals surface area (Å²) < 4.78 is 35.1. The monoisotopic (exact) mass is 475 g/mol. The lowest BCUT2D eigenvalue weighted by atomic mass is 9.99. The minimum Gasteiger partial charge on any atom is -0.486 e. The molecular formula is C24H33N3O5S. The van der Waals surface area contributed by atoms with Crippen LogP contribution in [0.15, 0.2) is 47.4 Å². The molecule has 8 nitrogen and oxygen atoms in total. The van der Waals surface area contributed by atoms with Gasteiger partial charge in [0.15, 0.2) is 5.75 Å². The zero-order valence-electron chi connectivity index (χ0n) is 19.8. The zero-order valence-corrected chi connectivity index (χ0v) is 20.6. The molecular weight excluding hydrogens is 442 g/mol. The highest BCUT2D eigenvalue weighted by atomic mass is 32.2. The molecule has 0 spiro atoms. The number of nitrogens with one attached hydrogen (secondary N) is 1. The molecule has 0 aliphatic carbocycles. The summed E-state index contributed by atoms with van der Waals surface area (Å²) in [6.07, 6.45) is -0.301. The molecule has 1 aliphatic heterocycles. The fraction of sp³-hybridized carbons (Fsp3) is 0.458. The molecule has 0 radical (unpaired) electrons. The molecule has 0 aromatic heterocycles. The number of fused-ring (bicyclic) bond motifs is 1. The van der Waals surface area contributed by atoms with Crippen LogP contribution in [0.3, 0.4) is 0 Å². The molecule has 180 valence electrons. The van der Waals surface area contributed by atoms with Crippen molar-refractivity contribution in [3.05, 3.63) is 53.6 Å². The normalized spacial score (nSPS) is 20.0. The van der Waals surface area contributed by atoms with Crippen molar-refractivity contribution in [1.29, 1.82) is 0 Å². The first kappa shape index (κ1) is 25.0. The maximum atomic E-state index is 13.4. The Labute approximate surface area is 196 Å². The number of para-hydroxylation sites is 1. The van der Waals surface area contributed by atoms with Crippen LogP contribution in [0, 0.1) is 12.8 Å². The van der Waals surface area contributed by atoms with Crippen molar-refractivity contribution < 1.29 is 23.1 Å². The summed E-state index contributed by atoms with van der Waals surface area (Å²) in [4.78, 5) is 17.2. The van der Waals surface area contributed by atoms with Crippen molar-refractivity contribution in [2.45, 2.75) is 37.8 Å². The summed E-state index contributed by atoms with van der Waals surface area (Å²) in [5.41, 5.74) is 1.41. The van der Waals surface area contributed by atoms with Crippen LogP contribution < -0.4 is 9.46 Å². The predicted molar refractivity (Wildman–Crippen MR) is 128 cm³/mol. The quantitative estimate of drug-likeness (QED) is 0.639. The third-order valence-corrected chi connectivity index (χ3v) is 7.19. The van der Waals surface area contributed by atoms with E-state index in [1.165, 1.54) is 12.1 Å². The predicted octanol–water partition coefficient (Wildman–Crippen LogP) is 2.58. The van der Waals surface area contributed by atoms with Crippen LogP contribution in [-0.2, 0) is 10.0 Å². The van der Waals surface area contributed by atoms with Gasteiger partial charge in [0.2, 0.25) is 0 Å². The van der Waals surface area contributed by atoms with Crippen LogP contribution >= 0.6 is 0 Å². The summed E-state index contributed by atoms with van der Waals surface area (Å²) in [6, 6.07) is 11.0. The molecule has 33 heavy (non-hydrogen) atoms. The van der Waals surface area contributed by atoms with E-state index in [1.807, 2.05) is 32.8 Å². The first-order valence-corrected chi connectivity index (χ1v) is 12.5. The Hall–Kier alpha value is -2.62. The third kappa shape index (κ3) is 5.66. The van der Waals surface area contributed by atoms with E-state index < -0.39 is 10.0 Å². The second-order valence-corrected chi connectivity index (χ2v) is 10.7. The van der Waals surface area contributed by atoms with Gasteiger partial charge >= 0.3 is 0 Å². The number of carbonyl (C=O) groups is 1. The molecule has 1 aliphatic rings. The van der Waals surface area contributed by atoms with Gasteiger partial charge in [-0.25, -0.2) is 8.42 Å². The fourth-order valence-corrected chi connectivity index (χ4v) is 4.89. The van der Waals surface area contributed by atoms with Crippen molar-refractivity contribution in [2.24, 2.45) is 5.92 Å². The number of aliphatic hydroxyl groups is 1. The van der Waals surface area contributed by atoms with Crippen LogP contribution in [0.2, 0.25) is 0 Å². The number of carbonyl (C=O) groups excluding carboxylic acids is 1. The number of hydrogen-bond donors (Lipinski definition) is 2. The fourth-order valence-electron chi connectivity index (χ4n) is 3.82. The van der Waals surface area contributed by atoms with Gasteiger partial charge in [0.1, 0.15) is 6.10 Å². The molecule has 0 bridgehead atoms. The first-order chi connectivity index (χ1) is 15.5. The lowest BCUT2D eigenvalue weighted by Crippen LogP contribution is -2.49. The molecule has 2 aromatic rings. The summed E-state index contributed by atoms with van der Waals surface area (Å²) in [6.45, 7) is 6.48. The number of aliphatic hydroxyl groups excluding tert-OH is 1. The van der Waals surface area contributed by atoms with Crippen LogP contribution in [0.4, 0.5) is 5.69 Å². The minimum atomic E-state index is -3.90. The highest BCUT2D eigenvalue weighted by Crippen LogP contribution is 2.36. The second-order valence-electron chi connectivity index (χ2n) is 8.99. The van der Waals surface area contributed by atoms with E-state index in [-0.39, 0.29) is 52.5 Å². The molecule has 2 N–H and O–H groups in total. The summed E-state index contributed by atoms with van der Waals surface area (Å²) in [7, 11) is -0.0328. The topological polar surface area (TPSA) is 99.2 Å². The van der Waals surface area contributed by atoms with Crippen molar-refractivity contribution in [1.82, 2.24) is 9.80 Å². The van der Waals surface area contributed by atoms with Gasteiger partial charge in [-0.2, -0.15) is 0 Å². The van der Waals surface area contributed by atoms with Crippen LogP contribution in [0.1, 0.15) is 29.8 Å². The van der Waals surface area contributed by atoms with Crippen molar-refractivity contribution in [2.75, 3.05) is 38.5 Å². The van der Waals surface area contributed by atoms with E-state index in [1.54, 1.807) is 42.2 Å². The average molecular weight is 476 g/mol. The Morgan fingerprint density at radius 2 is 1.88 bits per heavy atom. The number of hydrogen-bond acceptors (Lipinski definition) is 6. The SMILES string of the molecule is Cc1ccc(S(=O)(=O)Nc2cccc3c2O[C@@H](CN(C)C)[C@H](C)CN([C@@H](C)CO)C3=O)cc1. The van der Waals surface area contributed by atoms with E-state index in [4.69, 9.17) is 4.74 Å². The lowest BCUT2D eigenvalue weighted by Gasteiger charge is -2.38. The van der Waals surface area contributed by atoms with Gasteiger partial charge in [0.05, 0.1) is 28.8 Å². The maximum absolute atomic E-state index is 13.4. The number of sulfonamides is 1. The first-order valence-electron chi connectivity index (χ1n) is 11.0. The average Bonchev–Trinajstić information content (AvgIpc) is 2.76. The van der Waals surface area contributed by atoms with E-state index in [0.29, 0.717) is 13.1 Å². The Morgan fingerprint density at radius 3 is 2.48 bits per heavy atom. The van der Waals surface area contributed by atoms with Gasteiger partial charge in [-0.3, -0.25) is 9.52 Å². The van der Waals surface area contributed by atoms with Crippen LogP contribution in [0.25, 0.3) is 0 Å². The molecule has 0 saturated carbocycles. The number of nitrogens with zero attached hydrogens (tertiary/aromatic N) is 2. The number of likely N-dealkylation sites (N-methyl/N-ethyl adjacent to an activating group) is 1. The smallest absolute Gasteiger partial charge is 0.262 e. The Bertz CT molecular complexity index is 1090. The van der Waals surface area contributed by atoms with Crippen LogP contribution in [-0.4, -0.2) is 75.2 Å². The van der Waals surface area contributed by atoms with Gasteiger partial charge in [-0.05, 0) is 52.2 Å². The number of anilines is 1. The number of amides is 1. The Balaban J connectivity index is 2.09. The summed E-state index contributed by atoms with van der Waals surface area (Å²) in [5, 5.41) is 9.74. The standard InChI is InChI=1S/C24H33N3O5S/c1-16-9-11-19(12-10-16)33(30,31)25-21-8-6-7-20-23(21)32-22(14-26(4)5)17(2)13-27(24(20)29)18(3)15-28/h6-12,17-18,22,25,28H,13-15H2,1-5H3/t17-,18+,22+/m1/s1. The Kier molecular flexibility index (Phi) is 7.66. The van der Waals surface area contributed by atoms with E-state index in [9.17, 15) is 18.3 Å². The molecule has 0 saturated heterocycles. The summed E-state index contributed by atoms with van der Waals surface area (Å²) in [5.74, 6) is -0.162. The number of rotatable bonds is 7. The number of benzene rings is 2. The Morgan fingerprint density at radius 1 is 1.21 bits per heavy atom. The molecule has 0 unspecified atom stereocenters. The molecule has 1 amide bonds.